The topological polar surface area (TPSA) is 41.6 Å². The standard InChI is InChI=1S/C15H20N2O2/c1-17-8-2-4-11-10-12(6-7-13(11)17)16-15(18)14-5-3-9-19-14/h6-7,10,14H,2-5,8-9H2,1H3,(H,16,18). The number of ether oxygens (including phenoxy) is 1. The zero-order chi connectivity index (χ0) is 13.2. The van der Waals surface area contributed by atoms with Crippen molar-refractivity contribution in [3.8, 4) is 0 Å². The molecule has 1 N–H and O–H groups in total. The van der Waals surface area contributed by atoms with Gasteiger partial charge in [0.15, 0.2) is 0 Å². The van der Waals surface area contributed by atoms with E-state index in [0.29, 0.717) is 6.61 Å². The summed E-state index contributed by atoms with van der Waals surface area (Å²) in [6.07, 6.45) is 3.81. The molecule has 2 aliphatic rings. The summed E-state index contributed by atoms with van der Waals surface area (Å²) < 4.78 is 5.40. The molecule has 1 aromatic rings. The first-order valence-electron chi connectivity index (χ1n) is 7.00. The highest BCUT2D eigenvalue weighted by Crippen LogP contribution is 2.28. The van der Waals surface area contributed by atoms with Gasteiger partial charge in [0.1, 0.15) is 6.10 Å². The fourth-order valence-corrected chi connectivity index (χ4v) is 2.87. The van der Waals surface area contributed by atoms with Gasteiger partial charge in [-0.1, -0.05) is 0 Å². The fourth-order valence-electron chi connectivity index (χ4n) is 2.87. The Morgan fingerprint density at radius 3 is 3.11 bits per heavy atom. The maximum absolute atomic E-state index is 12.0. The number of nitrogens with one attached hydrogen (secondary N) is 1. The molecule has 0 radical (unpaired) electrons. The summed E-state index contributed by atoms with van der Waals surface area (Å²) in [5.74, 6) is -0.0124. The van der Waals surface area contributed by atoms with E-state index >= 15 is 0 Å². The third-order valence-electron chi connectivity index (χ3n) is 3.92. The summed E-state index contributed by atoms with van der Waals surface area (Å²) in [5.41, 5.74) is 3.48. The van der Waals surface area contributed by atoms with Crippen molar-refractivity contribution in [1.82, 2.24) is 0 Å². The smallest absolute Gasteiger partial charge is 0.253 e. The summed E-state index contributed by atoms with van der Waals surface area (Å²) in [4.78, 5) is 14.3. The van der Waals surface area contributed by atoms with E-state index in [-0.39, 0.29) is 12.0 Å². The van der Waals surface area contributed by atoms with Crippen LogP contribution in [0.25, 0.3) is 0 Å². The molecule has 0 aliphatic carbocycles. The van der Waals surface area contributed by atoms with E-state index in [2.05, 4.69) is 29.4 Å². The van der Waals surface area contributed by atoms with E-state index in [4.69, 9.17) is 4.74 Å². The van der Waals surface area contributed by atoms with Crippen molar-refractivity contribution in [2.24, 2.45) is 0 Å². The lowest BCUT2D eigenvalue weighted by molar-refractivity contribution is -0.124. The molecular weight excluding hydrogens is 240 g/mol. The van der Waals surface area contributed by atoms with Crippen LogP contribution in [0.3, 0.4) is 0 Å². The van der Waals surface area contributed by atoms with Gasteiger partial charge in [0.05, 0.1) is 0 Å². The Morgan fingerprint density at radius 2 is 2.32 bits per heavy atom. The summed E-state index contributed by atoms with van der Waals surface area (Å²) in [5, 5.41) is 2.97. The number of carbonyl (C=O) groups is 1. The largest absolute Gasteiger partial charge is 0.374 e. The van der Waals surface area contributed by atoms with Crippen LogP contribution < -0.4 is 10.2 Å². The van der Waals surface area contributed by atoms with E-state index in [0.717, 1.165) is 31.5 Å². The van der Waals surface area contributed by atoms with Crippen LogP contribution in [0.15, 0.2) is 18.2 Å². The van der Waals surface area contributed by atoms with Crippen molar-refractivity contribution in [1.29, 1.82) is 0 Å². The van der Waals surface area contributed by atoms with Crippen LogP contribution in [0.2, 0.25) is 0 Å². The van der Waals surface area contributed by atoms with Crippen molar-refractivity contribution < 1.29 is 9.53 Å². The van der Waals surface area contributed by atoms with E-state index in [9.17, 15) is 4.79 Å². The van der Waals surface area contributed by atoms with Crippen LogP contribution in [-0.2, 0) is 16.0 Å². The van der Waals surface area contributed by atoms with Crippen molar-refractivity contribution in [3.05, 3.63) is 23.8 Å². The van der Waals surface area contributed by atoms with Gasteiger partial charge in [-0.3, -0.25) is 4.79 Å². The Hall–Kier alpha value is -1.55. The molecule has 19 heavy (non-hydrogen) atoms. The molecular formula is C15H20N2O2. The van der Waals surface area contributed by atoms with Gasteiger partial charge in [0.25, 0.3) is 5.91 Å². The normalized spacial score (nSPS) is 22.2. The number of benzene rings is 1. The van der Waals surface area contributed by atoms with E-state index in [1.165, 1.54) is 17.7 Å². The number of hydrogen-bond donors (Lipinski definition) is 1. The molecule has 1 unspecified atom stereocenters. The van der Waals surface area contributed by atoms with Gasteiger partial charge in [-0.05, 0) is 49.4 Å². The monoisotopic (exact) mass is 260 g/mol. The van der Waals surface area contributed by atoms with Crippen LogP contribution >= 0.6 is 0 Å². The lowest BCUT2D eigenvalue weighted by atomic mass is 10.0. The minimum atomic E-state index is -0.265. The second-order valence-corrected chi connectivity index (χ2v) is 5.36. The van der Waals surface area contributed by atoms with Gasteiger partial charge in [-0.2, -0.15) is 0 Å². The fraction of sp³-hybridized carbons (Fsp3) is 0.533. The summed E-state index contributed by atoms with van der Waals surface area (Å²) in [6.45, 7) is 1.81. The zero-order valence-corrected chi connectivity index (χ0v) is 11.3. The highest BCUT2D eigenvalue weighted by Gasteiger charge is 2.24. The van der Waals surface area contributed by atoms with E-state index in [1.54, 1.807) is 0 Å². The molecule has 3 rings (SSSR count). The summed E-state index contributed by atoms with van der Waals surface area (Å²) in [6, 6.07) is 6.17. The molecule has 1 atom stereocenters. The van der Waals surface area contributed by atoms with Crippen LogP contribution in [-0.4, -0.2) is 32.2 Å². The minimum absolute atomic E-state index is 0.0124. The van der Waals surface area contributed by atoms with E-state index in [1.807, 2.05) is 6.07 Å². The predicted octanol–water partition coefficient (Wildman–Crippen LogP) is 2.19. The summed E-state index contributed by atoms with van der Waals surface area (Å²) in [7, 11) is 2.11. The number of fused-ring (bicyclic) bond motifs is 1. The molecule has 102 valence electrons. The van der Waals surface area contributed by atoms with E-state index < -0.39 is 0 Å². The third kappa shape index (κ3) is 2.59. The molecule has 2 heterocycles. The van der Waals surface area contributed by atoms with Crippen molar-refractivity contribution in [3.63, 3.8) is 0 Å². The first-order chi connectivity index (χ1) is 9.24. The van der Waals surface area contributed by atoms with Crippen molar-refractivity contribution >= 4 is 17.3 Å². The lowest BCUT2D eigenvalue weighted by Crippen LogP contribution is -2.27. The molecule has 0 aromatic heterocycles. The SMILES string of the molecule is CN1CCCc2cc(NC(=O)C3CCCO3)ccc21. The number of anilines is 2. The summed E-state index contributed by atoms with van der Waals surface area (Å²) >= 11 is 0. The van der Waals surface area contributed by atoms with Gasteiger partial charge in [0.2, 0.25) is 0 Å². The Kier molecular flexibility index (Phi) is 3.42. The Balaban J connectivity index is 1.73. The number of aryl methyl sites for hydroxylation is 1. The zero-order valence-electron chi connectivity index (χ0n) is 11.3. The lowest BCUT2D eigenvalue weighted by Gasteiger charge is -2.27. The molecule has 1 amide bonds. The van der Waals surface area contributed by atoms with Gasteiger partial charge in [-0.25, -0.2) is 0 Å². The maximum atomic E-state index is 12.0. The van der Waals surface area contributed by atoms with Crippen molar-refractivity contribution in [2.75, 3.05) is 30.4 Å². The van der Waals surface area contributed by atoms with Gasteiger partial charge >= 0.3 is 0 Å². The molecule has 2 aliphatic heterocycles. The quantitative estimate of drug-likeness (QED) is 0.886. The van der Waals surface area contributed by atoms with Crippen LogP contribution in [0.5, 0.6) is 0 Å². The van der Waals surface area contributed by atoms with Crippen LogP contribution in [0.4, 0.5) is 11.4 Å². The number of rotatable bonds is 2. The van der Waals surface area contributed by atoms with Crippen molar-refractivity contribution in [2.45, 2.75) is 31.8 Å². The van der Waals surface area contributed by atoms with Crippen LogP contribution in [0.1, 0.15) is 24.8 Å². The second kappa shape index (κ2) is 5.21. The first kappa shape index (κ1) is 12.5. The Bertz CT molecular complexity index is 481. The Morgan fingerprint density at radius 1 is 1.42 bits per heavy atom. The molecule has 4 heteroatoms. The first-order valence-corrected chi connectivity index (χ1v) is 7.00. The highest BCUT2D eigenvalue weighted by atomic mass is 16.5. The average molecular weight is 260 g/mol. The Labute approximate surface area is 113 Å². The highest BCUT2D eigenvalue weighted by molar-refractivity contribution is 5.94. The van der Waals surface area contributed by atoms with Gasteiger partial charge in [0, 0.05) is 31.6 Å². The molecule has 1 fully saturated rings. The number of nitrogens with zero attached hydrogens (tertiary/aromatic N) is 1. The predicted molar refractivity (Wildman–Crippen MR) is 75.6 cm³/mol. The number of hydrogen-bond acceptors (Lipinski definition) is 3. The van der Waals surface area contributed by atoms with Crippen LogP contribution in [0, 0.1) is 0 Å². The molecule has 0 bridgehead atoms. The maximum Gasteiger partial charge on any atom is 0.253 e. The van der Waals surface area contributed by atoms with Gasteiger partial charge in [-0.15, -0.1) is 0 Å². The number of amides is 1. The third-order valence-corrected chi connectivity index (χ3v) is 3.92. The minimum Gasteiger partial charge on any atom is -0.374 e. The second-order valence-electron chi connectivity index (χ2n) is 5.36. The molecule has 4 nitrogen and oxygen atoms in total. The average Bonchev–Trinajstić information content (AvgIpc) is 2.93. The molecule has 0 saturated carbocycles. The van der Waals surface area contributed by atoms with Gasteiger partial charge < -0.3 is 15.0 Å². The molecule has 1 saturated heterocycles. The number of carbonyl (C=O) groups excluding carboxylic acids is 1. The molecule has 1 aromatic carbocycles. The molecule has 0 spiro atoms.